The summed E-state index contributed by atoms with van der Waals surface area (Å²) in [6.45, 7) is 4.19. The minimum Gasteiger partial charge on any atom is -0.467 e. The van der Waals surface area contributed by atoms with Gasteiger partial charge in [-0.3, -0.25) is 0 Å². The van der Waals surface area contributed by atoms with Gasteiger partial charge >= 0.3 is 6.01 Å². The molecule has 17 heavy (non-hydrogen) atoms. The highest BCUT2D eigenvalue weighted by Gasteiger charge is 2.04. The number of aromatic nitrogens is 3. The van der Waals surface area contributed by atoms with Gasteiger partial charge in [0.25, 0.3) is 0 Å². The molecule has 0 fully saturated rings. The summed E-state index contributed by atoms with van der Waals surface area (Å²) in [5, 5.41) is 5.94. The van der Waals surface area contributed by atoms with Crippen LogP contribution >= 0.6 is 0 Å². The normalized spacial score (nSPS) is 10.1. The van der Waals surface area contributed by atoms with Crippen LogP contribution in [0.15, 0.2) is 0 Å². The van der Waals surface area contributed by atoms with Gasteiger partial charge in [0.15, 0.2) is 0 Å². The lowest BCUT2D eigenvalue weighted by Crippen LogP contribution is -2.11. The molecule has 0 unspecified atom stereocenters. The Hall–Kier alpha value is -1.63. The second-order valence-electron chi connectivity index (χ2n) is 3.20. The molecule has 1 aromatic heterocycles. The van der Waals surface area contributed by atoms with E-state index in [9.17, 15) is 0 Å². The Morgan fingerprint density at radius 2 is 1.94 bits per heavy atom. The fourth-order valence-electron chi connectivity index (χ4n) is 1.16. The Morgan fingerprint density at radius 3 is 2.59 bits per heavy atom. The van der Waals surface area contributed by atoms with E-state index in [1.807, 2.05) is 6.92 Å². The monoisotopic (exact) mass is 241 g/mol. The van der Waals surface area contributed by atoms with Crippen LogP contribution in [0.25, 0.3) is 0 Å². The first-order valence-corrected chi connectivity index (χ1v) is 5.59. The van der Waals surface area contributed by atoms with Crippen LogP contribution in [0.4, 0.5) is 11.9 Å². The highest BCUT2D eigenvalue weighted by atomic mass is 16.5. The predicted octanol–water partition coefficient (Wildman–Crippen LogP) is 0.760. The maximum atomic E-state index is 5.23. The van der Waals surface area contributed by atoms with E-state index in [0.717, 1.165) is 26.2 Å². The molecule has 96 valence electrons. The molecule has 0 bridgehead atoms. The molecule has 2 N–H and O–H groups in total. The van der Waals surface area contributed by atoms with Gasteiger partial charge in [-0.1, -0.05) is 0 Å². The summed E-state index contributed by atoms with van der Waals surface area (Å²) in [6, 6.07) is 0.289. The molecule has 1 aromatic rings. The van der Waals surface area contributed by atoms with E-state index in [1.165, 1.54) is 7.11 Å². The first-order valence-electron chi connectivity index (χ1n) is 5.59. The number of hydrogen-bond acceptors (Lipinski definition) is 7. The van der Waals surface area contributed by atoms with Crippen LogP contribution in [0.3, 0.4) is 0 Å². The third-order valence-corrected chi connectivity index (χ3v) is 1.97. The summed E-state index contributed by atoms with van der Waals surface area (Å²) in [6.07, 6.45) is 0.900. The van der Waals surface area contributed by atoms with Crippen molar-refractivity contribution >= 4 is 11.9 Å². The van der Waals surface area contributed by atoms with Crippen molar-refractivity contribution in [2.45, 2.75) is 13.3 Å². The second-order valence-corrected chi connectivity index (χ2v) is 3.20. The maximum Gasteiger partial charge on any atom is 0.322 e. The summed E-state index contributed by atoms with van der Waals surface area (Å²) >= 11 is 0. The van der Waals surface area contributed by atoms with E-state index in [-0.39, 0.29) is 6.01 Å². The van der Waals surface area contributed by atoms with Gasteiger partial charge in [0.2, 0.25) is 11.9 Å². The molecule has 0 saturated carbocycles. The van der Waals surface area contributed by atoms with Gasteiger partial charge in [0, 0.05) is 26.8 Å². The lowest BCUT2D eigenvalue weighted by molar-refractivity contribution is 0.147. The first kappa shape index (κ1) is 13.4. The Bertz CT molecular complexity index is 312. The first-order chi connectivity index (χ1) is 8.30. The van der Waals surface area contributed by atoms with Gasteiger partial charge in [-0.2, -0.15) is 15.0 Å². The molecule has 7 nitrogen and oxygen atoms in total. The zero-order chi connectivity index (χ0) is 12.5. The van der Waals surface area contributed by atoms with Crippen LogP contribution in [0.2, 0.25) is 0 Å². The Morgan fingerprint density at radius 1 is 1.18 bits per heavy atom. The summed E-state index contributed by atoms with van der Waals surface area (Å²) in [4.78, 5) is 12.2. The Kier molecular flexibility index (Phi) is 6.02. The standard InChI is InChI=1S/C10H19N5O2/c1-4-17-7-5-6-12-9-13-8(11-2)14-10(15-9)16-3/h4-7H2,1-3H3,(H2,11,12,13,14,15). The van der Waals surface area contributed by atoms with Crippen molar-refractivity contribution in [1.29, 1.82) is 0 Å². The van der Waals surface area contributed by atoms with Crippen molar-refractivity contribution in [2.75, 3.05) is 44.5 Å². The van der Waals surface area contributed by atoms with E-state index in [0.29, 0.717) is 11.9 Å². The SMILES string of the molecule is CCOCCCNc1nc(NC)nc(OC)n1. The molecule has 0 aromatic carbocycles. The average Bonchev–Trinajstić information content (AvgIpc) is 2.38. The molecule has 0 atom stereocenters. The number of methoxy groups -OCH3 is 1. The summed E-state index contributed by atoms with van der Waals surface area (Å²) in [7, 11) is 3.27. The van der Waals surface area contributed by atoms with Crippen molar-refractivity contribution in [2.24, 2.45) is 0 Å². The van der Waals surface area contributed by atoms with Gasteiger partial charge in [-0.15, -0.1) is 0 Å². The van der Waals surface area contributed by atoms with E-state index in [4.69, 9.17) is 9.47 Å². The molecule has 0 aliphatic carbocycles. The number of rotatable bonds is 8. The fourth-order valence-corrected chi connectivity index (χ4v) is 1.16. The molecule has 0 amide bonds. The van der Waals surface area contributed by atoms with Gasteiger partial charge < -0.3 is 20.1 Å². The second kappa shape index (κ2) is 7.61. The average molecular weight is 241 g/mol. The van der Waals surface area contributed by atoms with Crippen molar-refractivity contribution in [3.8, 4) is 6.01 Å². The quantitative estimate of drug-likeness (QED) is 0.650. The van der Waals surface area contributed by atoms with Gasteiger partial charge in [0.1, 0.15) is 0 Å². The lowest BCUT2D eigenvalue weighted by atomic mass is 10.4. The number of nitrogens with zero attached hydrogens (tertiary/aromatic N) is 3. The van der Waals surface area contributed by atoms with Crippen molar-refractivity contribution in [1.82, 2.24) is 15.0 Å². The van der Waals surface area contributed by atoms with E-state index in [2.05, 4.69) is 25.6 Å². The highest BCUT2D eigenvalue weighted by Crippen LogP contribution is 2.09. The molecule has 0 aliphatic rings. The molecule has 1 heterocycles. The Labute approximate surface area is 101 Å². The molecular weight excluding hydrogens is 222 g/mol. The molecule has 1 rings (SSSR count). The van der Waals surface area contributed by atoms with Crippen LogP contribution < -0.4 is 15.4 Å². The topological polar surface area (TPSA) is 81.2 Å². The van der Waals surface area contributed by atoms with Crippen LogP contribution in [0, 0.1) is 0 Å². The minimum atomic E-state index is 0.289. The van der Waals surface area contributed by atoms with Crippen molar-refractivity contribution in [3.05, 3.63) is 0 Å². The van der Waals surface area contributed by atoms with Gasteiger partial charge in [0.05, 0.1) is 7.11 Å². The number of ether oxygens (including phenoxy) is 2. The molecule has 0 saturated heterocycles. The fraction of sp³-hybridized carbons (Fsp3) is 0.700. The summed E-state index contributed by atoms with van der Waals surface area (Å²) < 4.78 is 10.2. The highest BCUT2D eigenvalue weighted by molar-refractivity contribution is 5.35. The maximum absolute atomic E-state index is 5.23. The van der Waals surface area contributed by atoms with Crippen molar-refractivity contribution in [3.63, 3.8) is 0 Å². The predicted molar refractivity (Wildman–Crippen MR) is 65.5 cm³/mol. The van der Waals surface area contributed by atoms with Crippen LogP contribution in [0.1, 0.15) is 13.3 Å². The van der Waals surface area contributed by atoms with Crippen LogP contribution in [-0.4, -0.2) is 48.9 Å². The number of hydrogen-bond donors (Lipinski definition) is 2. The molecular formula is C10H19N5O2. The summed E-state index contributed by atoms with van der Waals surface area (Å²) in [5.74, 6) is 0.974. The molecule has 0 radical (unpaired) electrons. The molecule has 0 aliphatic heterocycles. The van der Waals surface area contributed by atoms with Crippen LogP contribution in [-0.2, 0) is 4.74 Å². The largest absolute Gasteiger partial charge is 0.467 e. The van der Waals surface area contributed by atoms with Crippen molar-refractivity contribution < 1.29 is 9.47 Å². The summed E-state index contributed by atoms with van der Waals surface area (Å²) in [5.41, 5.74) is 0. The molecule has 0 spiro atoms. The number of nitrogens with one attached hydrogen (secondary N) is 2. The van der Waals surface area contributed by atoms with E-state index in [1.54, 1.807) is 7.05 Å². The zero-order valence-corrected chi connectivity index (χ0v) is 10.5. The third kappa shape index (κ3) is 4.81. The van der Waals surface area contributed by atoms with E-state index >= 15 is 0 Å². The Balaban J connectivity index is 2.46. The molecule has 7 heteroatoms. The van der Waals surface area contributed by atoms with Gasteiger partial charge in [-0.05, 0) is 13.3 Å². The zero-order valence-electron chi connectivity index (χ0n) is 10.5. The smallest absolute Gasteiger partial charge is 0.322 e. The lowest BCUT2D eigenvalue weighted by Gasteiger charge is -2.07. The minimum absolute atomic E-state index is 0.289. The van der Waals surface area contributed by atoms with Gasteiger partial charge in [-0.25, -0.2) is 0 Å². The van der Waals surface area contributed by atoms with Crippen LogP contribution in [0.5, 0.6) is 6.01 Å². The van der Waals surface area contributed by atoms with E-state index < -0.39 is 0 Å². The third-order valence-electron chi connectivity index (χ3n) is 1.97. The number of anilines is 2.